The first kappa shape index (κ1) is 14.6. The minimum Gasteiger partial charge on any atom is -0.478 e. The number of carboxylic acids is 1. The number of aromatic nitrogens is 3. The number of nitrogens with zero attached hydrogens (tertiary/aromatic N) is 3. The molecular weight excluding hydrogens is 304 g/mol. The molecule has 24 heavy (non-hydrogen) atoms. The van der Waals surface area contributed by atoms with Crippen molar-refractivity contribution < 1.29 is 9.90 Å². The third-order valence-corrected chi connectivity index (χ3v) is 4.22. The summed E-state index contributed by atoms with van der Waals surface area (Å²) >= 11 is 0. The molecule has 0 saturated carbocycles. The van der Waals surface area contributed by atoms with Crippen LogP contribution in [-0.4, -0.2) is 32.4 Å². The smallest absolute Gasteiger partial charge is 0.335 e. The zero-order valence-corrected chi connectivity index (χ0v) is 12.9. The van der Waals surface area contributed by atoms with Crippen LogP contribution >= 0.6 is 0 Å². The second-order valence-electron chi connectivity index (χ2n) is 5.70. The van der Waals surface area contributed by atoms with Gasteiger partial charge in [-0.05, 0) is 30.3 Å². The highest BCUT2D eigenvalue weighted by Gasteiger charge is 2.22. The van der Waals surface area contributed by atoms with Crippen molar-refractivity contribution in [2.75, 3.05) is 6.54 Å². The molecule has 0 bridgehead atoms. The molecule has 3 aromatic rings. The number of aromatic carboxylic acids is 1. The van der Waals surface area contributed by atoms with E-state index >= 15 is 0 Å². The minimum atomic E-state index is -0.936. The SMILES string of the molecule is O=C(O)c1cccc(-n2nc(-c3ccncc3)c3c2CCNC3)c1. The molecule has 0 atom stereocenters. The average molecular weight is 320 g/mol. The molecule has 0 amide bonds. The van der Waals surface area contributed by atoms with Crippen molar-refractivity contribution in [2.45, 2.75) is 13.0 Å². The minimum absolute atomic E-state index is 0.260. The molecule has 6 nitrogen and oxygen atoms in total. The molecule has 2 aromatic heterocycles. The first-order chi connectivity index (χ1) is 11.7. The normalized spacial score (nSPS) is 13.5. The van der Waals surface area contributed by atoms with Crippen molar-refractivity contribution in [2.24, 2.45) is 0 Å². The maximum atomic E-state index is 11.3. The van der Waals surface area contributed by atoms with Crippen molar-refractivity contribution in [3.8, 4) is 16.9 Å². The maximum absolute atomic E-state index is 11.3. The van der Waals surface area contributed by atoms with E-state index in [1.807, 2.05) is 22.9 Å². The van der Waals surface area contributed by atoms with Crippen LogP contribution in [0, 0.1) is 0 Å². The summed E-state index contributed by atoms with van der Waals surface area (Å²) in [5.74, 6) is -0.936. The van der Waals surface area contributed by atoms with Crippen molar-refractivity contribution in [1.82, 2.24) is 20.1 Å². The molecular formula is C18H16N4O2. The Balaban J connectivity index is 1.89. The molecule has 6 heteroatoms. The fourth-order valence-electron chi connectivity index (χ4n) is 3.07. The van der Waals surface area contributed by atoms with Crippen LogP contribution in [0.2, 0.25) is 0 Å². The summed E-state index contributed by atoms with van der Waals surface area (Å²) in [6.45, 7) is 1.64. The Labute approximate surface area is 138 Å². The number of carboxylic acid groups (broad SMARTS) is 1. The standard InChI is InChI=1S/C18H16N4O2/c23-18(24)13-2-1-3-14(10-13)22-16-6-9-20-11-15(16)17(21-22)12-4-7-19-8-5-12/h1-5,7-8,10,20H,6,9,11H2,(H,23,24). The molecule has 4 rings (SSSR count). The van der Waals surface area contributed by atoms with Crippen molar-refractivity contribution in [3.05, 3.63) is 65.6 Å². The lowest BCUT2D eigenvalue weighted by Gasteiger charge is -2.16. The number of hydrogen-bond donors (Lipinski definition) is 2. The quantitative estimate of drug-likeness (QED) is 0.774. The average Bonchev–Trinajstić information content (AvgIpc) is 3.02. The zero-order valence-electron chi connectivity index (χ0n) is 12.9. The number of pyridine rings is 1. The number of nitrogens with one attached hydrogen (secondary N) is 1. The molecule has 0 aliphatic carbocycles. The van der Waals surface area contributed by atoms with E-state index in [1.54, 1.807) is 30.6 Å². The van der Waals surface area contributed by atoms with Crippen LogP contribution < -0.4 is 5.32 Å². The van der Waals surface area contributed by atoms with Gasteiger partial charge in [-0.25, -0.2) is 9.48 Å². The van der Waals surface area contributed by atoms with Gasteiger partial charge in [-0.1, -0.05) is 6.07 Å². The molecule has 2 N–H and O–H groups in total. The molecule has 120 valence electrons. The largest absolute Gasteiger partial charge is 0.478 e. The van der Waals surface area contributed by atoms with Gasteiger partial charge < -0.3 is 10.4 Å². The Morgan fingerprint density at radius 2 is 2.04 bits per heavy atom. The number of carbonyl (C=O) groups is 1. The summed E-state index contributed by atoms with van der Waals surface area (Å²) in [5, 5.41) is 17.4. The van der Waals surface area contributed by atoms with E-state index in [0.29, 0.717) is 0 Å². The van der Waals surface area contributed by atoms with E-state index in [9.17, 15) is 9.90 Å². The molecule has 1 aromatic carbocycles. The van der Waals surface area contributed by atoms with Gasteiger partial charge in [-0.15, -0.1) is 0 Å². The fraction of sp³-hybridized carbons (Fsp3) is 0.167. The third kappa shape index (κ3) is 2.47. The van der Waals surface area contributed by atoms with E-state index < -0.39 is 5.97 Å². The Morgan fingerprint density at radius 1 is 1.21 bits per heavy atom. The van der Waals surface area contributed by atoms with Crippen LogP contribution in [0.15, 0.2) is 48.8 Å². The summed E-state index contributed by atoms with van der Waals surface area (Å²) < 4.78 is 1.87. The second kappa shape index (κ2) is 5.90. The maximum Gasteiger partial charge on any atom is 0.335 e. The topological polar surface area (TPSA) is 80.0 Å². The van der Waals surface area contributed by atoms with Gasteiger partial charge in [0.2, 0.25) is 0 Å². The Kier molecular flexibility index (Phi) is 3.59. The van der Waals surface area contributed by atoms with Crippen molar-refractivity contribution >= 4 is 5.97 Å². The number of hydrogen-bond acceptors (Lipinski definition) is 4. The van der Waals surface area contributed by atoms with Crippen LogP contribution in [-0.2, 0) is 13.0 Å². The first-order valence-corrected chi connectivity index (χ1v) is 7.79. The van der Waals surface area contributed by atoms with Crippen molar-refractivity contribution in [1.29, 1.82) is 0 Å². The van der Waals surface area contributed by atoms with Crippen LogP contribution in [0.25, 0.3) is 16.9 Å². The molecule has 0 spiro atoms. The van der Waals surface area contributed by atoms with Gasteiger partial charge >= 0.3 is 5.97 Å². The lowest BCUT2D eigenvalue weighted by molar-refractivity contribution is 0.0697. The van der Waals surface area contributed by atoms with E-state index in [4.69, 9.17) is 5.10 Å². The number of fused-ring (bicyclic) bond motifs is 1. The molecule has 1 aliphatic rings. The van der Waals surface area contributed by atoms with Gasteiger partial charge in [-0.2, -0.15) is 5.10 Å². The fourth-order valence-corrected chi connectivity index (χ4v) is 3.07. The van der Waals surface area contributed by atoms with E-state index in [2.05, 4.69) is 10.3 Å². The predicted molar refractivity (Wildman–Crippen MR) is 89.2 cm³/mol. The van der Waals surface area contributed by atoms with Gasteiger partial charge in [0.1, 0.15) is 0 Å². The zero-order chi connectivity index (χ0) is 16.5. The Morgan fingerprint density at radius 3 is 2.83 bits per heavy atom. The molecule has 0 fully saturated rings. The molecule has 3 heterocycles. The molecule has 1 aliphatic heterocycles. The van der Waals surface area contributed by atoms with Crippen LogP contribution in [0.3, 0.4) is 0 Å². The van der Waals surface area contributed by atoms with Crippen LogP contribution in [0.5, 0.6) is 0 Å². The van der Waals surface area contributed by atoms with E-state index in [-0.39, 0.29) is 5.56 Å². The Hall–Kier alpha value is -2.99. The van der Waals surface area contributed by atoms with Crippen LogP contribution in [0.1, 0.15) is 21.6 Å². The molecule has 0 radical (unpaired) electrons. The highest BCUT2D eigenvalue weighted by Crippen LogP contribution is 2.29. The highest BCUT2D eigenvalue weighted by atomic mass is 16.4. The van der Waals surface area contributed by atoms with E-state index in [1.165, 1.54) is 0 Å². The lowest BCUT2D eigenvalue weighted by Crippen LogP contribution is -2.24. The Bertz CT molecular complexity index is 903. The van der Waals surface area contributed by atoms with Gasteiger partial charge in [-0.3, -0.25) is 4.98 Å². The second-order valence-corrected chi connectivity index (χ2v) is 5.70. The third-order valence-electron chi connectivity index (χ3n) is 4.22. The van der Waals surface area contributed by atoms with Crippen molar-refractivity contribution in [3.63, 3.8) is 0 Å². The summed E-state index contributed by atoms with van der Waals surface area (Å²) in [4.78, 5) is 15.3. The lowest BCUT2D eigenvalue weighted by atomic mass is 10.0. The monoisotopic (exact) mass is 320 g/mol. The first-order valence-electron chi connectivity index (χ1n) is 7.79. The van der Waals surface area contributed by atoms with Crippen LogP contribution in [0.4, 0.5) is 0 Å². The summed E-state index contributed by atoms with van der Waals surface area (Å²) in [6.07, 6.45) is 4.36. The van der Waals surface area contributed by atoms with E-state index in [0.717, 1.165) is 47.7 Å². The number of rotatable bonds is 3. The summed E-state index contributed by atoms with van der Waals surface area (Å²) in [5.41, 5.74) is 5.25. The number of benzene rings is 1. The van der Waals surface area contributed by atoms with Gasteiger partial charge in [0.15, 0.2) is 0 Å². The highest BCUT2D eigenvalue weighted by molar-refractivity contribution is 5.88. The predicted octanol–water partition coefficient (Wildman–Crippen LogP) is 2.28. The summed E-state index contributed by atoms with van der Waals surface area (Å²) in [7, 11) is 0. The summed E-state index contributed by atoms with van der Waals surface area (Å²) in [6, 6.07) is 10.8. The van der Waals surface area contributed by atoms with Gasteiger partial charge in [0.25, 0.3) is 0 Å². The molecule has 0 saturated heterocycles. The molecule has 0 unspecified atom stereocenters. The van der Waals surface area contributed by atoms with Gasteiger partial charge in [0.05, 0.1) is 22.6 Å². The van der Waals surface area contributed by atoms with Gasteiger partial charge in [0, 0.05) is 43.0 Å².